The molecule has 6 atom stereocenters. The van der Waals surface area contributed by atoms with E-state index in [0.29, 0.717) is 25.2 Å². The fraction of sp³-hybridized carbons (Fsp3) is 0.769. The molecular formula is C52H85N3O10. The highest BCUT2D eigenvalue weighted by Crippen LogP contribution is 2.62. The molecule has 1 saturated heterocycles. The van der Waals surface area contributed by atoms with Crippen LogP contribution in [0.4, 0.5) is 4.79 Å². The van der Waals surface area contributed by atoms with E-state index in [1.807, 2.05) is 32.9 Å². The molecule has 5 rings (SSSR count). The SMILES string of the molecule is C=CCOC12Oc3ccc(OCCN4CC4)cc3C3C(CCCCO)C(CCCCO)C=C(C(=NOC(C)(C)C)CC1N(CCOCCO)C(=O)OCCCCCCCCCCCC)C32. The summed E-state index contributed by atoms with van der Waals surface area (Å²) in [6.45, 7) is 16.8. The predicted octanol–water partition coefficient (Wildman–Crippen LogP) is 9.18. The Hall–Kier alpha value is -3.20. The number of oxime groups is 1. The summed E-state index contributed by atoms with van der Waals surface area (Å²) < 4.78 is 32.9. The van der Waals surface area contributed by atoms with Gasteiger partial charge in [-0.25, -0.2) is 4.79 Å². The van der Waals surface area contributed by atoms with Crippen molar-refractivity contribution in [3.8, 4) is 11.5 Å². The second-order valence-electron chi connectivity index (χ2n) is 19.5. The normalized spacial score (nSPS) is 24.1. The smallest absolute Gasteiger partial charge is 0.410 e. The second-order valence-corrected chi connectivity index (χ2v) is 19.5. The summed E-state index contributed by atoms with van der Waals surface area (Å²) in [5.41, 5.74) is 2.12. The lowest BCUT2D eigenvalue weighted by molar-refractivity contribution is -0.256. The largest absolute Gasteiger partial charge is 0.492 e. The lowest BCUT2D eigenvalue weighted by Gasteiger charge is -2.60. The molecule has 13 nitrogen and oxygen atoms in total. The van der Waals surface area contributed by atoms with Crippen molar-refractivity contribution in [1.82, 2.24) is 9.80 Å². The summed E-state index contributed by atoms with van der Waals surface area (Å²) in [6.07, 6.45) is 20.3. The fourth-order valence-electron chi connectivity index (χ4n) is 10.1. The number of unbranched alkanes of at least 4 members (excludes halogenated alkanes) is 11. The van der Waals surface area contributed by atoms with Crippen LogP contribution < -0.4 is 9.47 Å². The fourth-order valence-corrected chi connectivity index (χ4v) is 10.1. The van der Waals surface area contributed by atoms with Crippen LogP contribution >= 0.6 is 0 Å². The summed E-state index contributed by atoms with van der Waals surface area (Å²) in [4.78, 5) is 25.0. The van der Waals surface area contributed by atoms with E-state index >= 15 is 0 Å². The molecule has 3 N–H and O–H groups in total. The van der Waals surface area contributed by atoms with Gasteiger partial charge in [0, 0.05) is 57.3 Å². The molecule has 4 aliphatic rings. The molecule has 1 aromatic rings. The van der Waals surface area contributed by atoms with Crippen molar-refractivity contribution in [2.24, 2.45) is 22.9 Å². The Morgan fingerprint density at radius 2 is 1.62 bits per heavy atom. The predicted molar refractivity (Wildman–Crippen MR) is 256 cm³/mol. The zero-order valence-corrected chi connectivity index (χ0v) is 40.5. The van der Waals surface area contributed by atoms with Gasteiger partial charge in [0.1, 0.15) is 29.7 Å². The summed E-state index contributed by atoms with van der Waals surface area (Å²) in [6, 6.07) is 5.35. The van der Waals surface area contributed by atoms with E-state index in [2.05, 4.69) is 30.5 Å². The molecule has 1 amide bonds. The number of rotatable bonds is 33. The Kier molecular flexibility index (Phi) is 22.4. The molecule has 2 aliphatic carbocycles. The second kappa shape index (κ2) is 27.6. The molecule has 0 radical (unpaired) electrons. The van der Waals surface area contributed by atoms with E-state index in [1.54, 1.807) is 11.0 Å². The van der Waals surface area contributed by atoms with Crippen molar-refractivity contribution in [1.29, 1.82) is 0 Å². The standard InChI is InChI=1S/C52H85N3O10/c1-6-8-9-10-11-12-13-14-15-20-33-62-50(59)55(28-34-60-36-31-58)47-39-45(53-65-51(3,4)5)43-37-40(21-16-18-29-56)42(22-17-19-30-57)48-44-38-41(61-35-27-54-25-26-54)23-24-46(44)64-52(47,49(43)48)63-32-7-2/h7,23-24,37-38,40,42,47-49,56-58H,2,6,8-22,25-36,39H2,1,3-5H3. The topological polar surface area (TPSA) is 152 Å². The molecular weight excluding hydrogens is 827 g/mol. The van der Waals surface area contributed by atoms with Crippen LogP contribution in [0.15, 0.2) is 47.7 Å². The highest BCUT2D eigenvalue weighted by Gasteiger charge is 2.65. The van der Waals surface area contributed by atoms with Crippen LogP contribution in [0, 0.1) is 17.8 Å². The number of hydrogen-bond donors (Lipinski definition) is 3. The first kappa shape index (κ1) is 52.8. The van der Waals surface area contributed by atoms with Crippen LogP contribution in [0.25, 0.3) is 0 Å². The van der Waals surface area contributed by atoms with Crippen molar-refractivity contribution < 1.29 is 48.6 Å². The van der Waals surface area contributed by atoms with Gasteiger partial charge < -0.3 is 43.8 Å². The Balaban J connectivity index is 1.58. The van der Waals surface area contributed by atoms with Crippen LogP contribution in [-0.2, 0) is 19.0 Å². The molecule has 0 spiro atoms. The van der Waals surface area contributed by atoms with E-state index in [0.717, 1.165) is 87.2 Å². The van der Waals surface area contributed by atoms with Crippen LogP contribution in [0.2, 0.25) is 0 Å². The number of ether oxygens (including phenoxy) is 5. The Labute approximate surface area is 390 Å². The number of amides is 1. The van der Waals surface area contributed by atoms with Crippen LogP contribution in [0.3, 0.4) is 0 Å². The van der Waals surface area contributed by atoms with Gasteiger partial charge in [0.15, 0.2) is 0 Å². The summed E-state index contributed by atoms with van der Waals surface area (Å²) >= 11 is 0. The van der Waals surface area contributed by atoms with Crippen molar-refractivity contribution in [3.63, 3.8) is 0 Å². The highest BCUT2D eigenvalue weighted by molar-refractivity contribution is 6.03. The molecule has 0 bridgehead atoms. The van der Waals surface area contributed by atoms with Gasteiger partial charge in [0.25, 0.3) is 0 Å². The third kappa shape index (κ3) is 15.7. The number of carbonyl (C=O) groups excluding carboxylic acids is 1. The van der Waals surface area contributed by atoms with Crippen LogP contribution in [0.1, 0.15) is 148 Å². The van der Waals surface area contributed by atoms with Crippen molar-refractivity contribution in [2.45, 2.75) is 160 Å². The molecule has 0 aromatic heterocycles. The Bertz CT molecular complexity index is 1630. The van der Waals surface area contributed by atoms with E-state index in [9.17, 15) is 20.1 Å². The summed E-state index contributed by atoms with van der Waals surface area (Å²) in [7, 11) is 0. The maximum absolute atomic E-state index is 14.7. The van der Waals surface area contributed by atoms with E-state index in [-0.39, 0.29) is 77.0 Å². The third-order valence-electron chi connectivity index (χ3n) is 13.3. The van der Waals surface area contributed by atoms with Gasteiger partial charge in [-0.05, 0) is 88.5 Å². The maximum atomic E-state index is 14.7. The summed E-state index contributed by atoms with van der Waals surface area (Å²) in [5.74, 6) is -0.406. The highest BCUT2D eigenvalue weighted by atomic mass is 16.7. The third-order valence-corrected chi connectivity index (χ3v) is 13.3. The first-order chi connectivity index (χ1) is 31.6. The van der Waals surface area contributed by atoms with Crippen molar-refractivity contribution >= 4 is 11.8 Å². The Morgan fingerprint density at radius 3 is 2.28 bits per heavy atom. The van der Waals surface area contributed by atoms with E-state index in [4.69, 9.17) is 33.7 Å². The minimum Gasteiger partial charge on any atom is -0.492 e. The van der Waals surface area contributed by atoms with Crippen LogP contribution in [0.5, 0.6) is 11.5 Å². The maximum Gasteiger partial charge on any atom is 0.410 e. The average molecular weight is 912 g/mol. The number of hydrogen-bond acceptors (Lipinski definition) is 12. The molecule has 1 saturated carbocycles. The number of allylic oxidation sites excluding steroid dienone is 1. The molecule has 2 fully saturated rings. The minimum absolute atomic E-state index is 0.0874. The molecule has 65 heavy (non-hydrogen) atoms. The molecule has 2 aliphatic heterocycles. The number of aliphatic hydroxyl groups excluding tert-OH is 3. The molecule has 2 heterocycles. The first-order valence-corrected chi connectivity index (χ1v) is 25.3. The number of aliphatic hydroxyl groups is 3. The van der Waals surface area contributed by atoms with Gasteiger partial charge >= 0.3 is 6.09 Å². The number of fused-ring (bicyclic) bond motifs is 2. The van der Waals surface area contributed by atoms with E-state index < -0.39 is 29.4 Å². The molecule has 6 unspecified atom stereocenters. The van der Waals surface area contributed by atoms with Gasteiger partial charge in [0.05, 0.1) is 44.7 Å². The van der Waals surface area contributed by atoms with Crippen molar-refractivity contribution in [3.05, 3.63) is 48.1 Å². The number of carbonyl (C=O) groups is 1. The quantitative estimate of drug-likeness (QED) is 0.0268. The average Bonchev–Trinajstić information content (AvgIpc) is 4.12. The lowest BCUT2D eigenvalue weighted by atomic mass is 9.55. The Morgan fingerprint density at radius 1 is 0.908 bits per heavy atom. The zero-order valence-electron chi connectivity index (χ0n) is 40.5. The van der Waals surface area contributed by atoms with Gasteiger partial charge in [-0.1, -0.05) is 94.9 Å². The number of benzene rings is 1. The zero-order chi connectivity index (χ0) is 46.5. The number of nitrogens with zero attached hydrogens (tertiary/aromatic N) is 3. The van der Waals surface area contributed by atoms with Gasteiger partial charge in [-0.2, -0.15) is 0 Å². The summed E-state index contributed by atoms with van der Waals surface area (Å²) in [5, 5.41) is 34.5. The van der Waals surface area contributed by atoms with Gasteiger partial charge in [-0.3, -0.25) is 9.80 Å². The van der Waals surface area contributed by atoms with E-state index in [1.165, 1.54) is 44.9 Å². The first-order valence-electron chi connectivity index (χ1n) is 25.3. The van der Waals surface area contributed by atoms with Gasteiger partial charge in [-0.15, -0.1) is 6.58 Å². The molecule has 13 heteroatoms. The van der Waals surface area contributed by atoms with Gasteiger partial charge in [0.2, 0.25) is 5.79 Å². The van der Waals surface area contributed by atoms with Crippen LogP contribution in [-0.4, -0.2) is 133 Å². The lowest BCUT2D eigenvalue weighted by Crippen LogP contribution is -2.70. The monoisotopic (exact) mass is 912 g/mol. The minimum atomic E-state index is -1.42. The molecule has 368 valence electrons. The molecule has 1 aromatic carbocycles. The van der Waals surface area contributed by atoms with Crippen molar-refractivity contribution in [2.75, 3.05) is 79.0 Å².